The second-order valence-corrected chi connectivity index (χ2v) is 5.35. The van der Waals surface area contributed by atoms with Gasteiger partial charge in [0.2, 0.25) is 5.95 Å². The summed E-state index contributed by atoms with van der Waals surface area (Å²) in [6.45, 7) is 5.33. The molecule has 1 heterocycles. The number of unbranched alkanes of at least 4 members (excludes halogenated alkanes) is 4. The third-order valence-corrected chi connectivity index (χ3v) is 3.51. The van der Waals surface area contributed by atoms with Crippen molar-refractivity contribution in [2.45, 2.75) is 46.0 Å². The van der Waals surface area contributed by atoms with Crippen molar-refractivity contribution in [3.8, 4) is 11.3 Å². The van der Waals surface area contributed by atoms with Gasteiger partial charge in [-0.05, 0) is 18.9 Å². The molecular weight excluding hydrogens is 246 g/mol. The highest BCUT2D eigenvalue weighted by molar-refractivity contribution is 5.60. The van der Waals surface area contributed by atoms with E-state index in [1.54, 1.807) is 0 Å². The van der Waals surface area contributed by atoms with Crippen LogP contribution in [-0.4, -0.2) is 16.5 Å². The van der Waals surface area contributed by atoms with Crippen molar-refractivity contribution in [1.29, 1.82) is 0 Å². The van der Waals surface area contributed by atoms with Gasteiger partial charge in [0.1, 0.15) is 0 Å². The van der Waals surface area contributed by atoms with Crippen LogP contribution in [0.25, 0.3) is 11.3 Å². The van der Waals surface area contributed by atoms with Crippen LogP contribution in [0.3, 0.4) is 0 Å². The number of aromatic nitrogens is 2. The lowest BCUT2D eigenvalue weighted by Gasteiger charge is -2.03. The third kappa shape index (κ3) is 4.41. The lowest BCUT2D eigenvalue weighted by molar-refractivity contribution is 0.644. The fraction of sp³-hybridized carbons (Fsp3) is 0.471. The molecular formula is C17H25N3. The minimum atomic E-state index is 0.871. The summed E-state index contributed by atoms with van der Waals surface area (Å²) < 4.78 is 0. The zero-order valence-corrected chi connectivity index (χ0v) is 12.6. The Kier molecular flexibility index (Phi) is 5.66. The molecule has 0 spiro atoms. The Morgan fingerprint density at radius 1 is 1.05 bits per heavy atom. The first kappa shape index (κ1) is 14.6. The van der Waals surface area contributed by atoms with Crippen molar-refractivity contribution in [3.05, 3.63) is 36.0 Å². The van der Waals surface area contributed by atoms with Crippen molar-refractivity contribution in [2.24, 2.45) is 0 Å². The van der Waals surface area contributed by atoms with E-state index in [9.17, 15) is 0 Å². The van der Waals surface area contributed by atoms with Crippen LogP contribution in [0, 0.1) is 6.92 Å². The number of nitrogens with one attached hydrogen (secondary N) is 2. The van der Waals surface area contributed by atoms with Gasteiger partial charge in [-0.2, -0.15) is 0 Å². The maximum absolute atomic E-state index is 4.38. The Labute approximate surface area is 121 Å². The van der Waals surface area contributed by atoms with Crippen LogP contribution >= 0.6 is 0 Å². The first-order chi connectivity index (χ1) is 9.79. The number of nitrogens with zero attached hydrogens (tertiary/aromatic N) is 1. The first-order valence-electron chi connectivity index (χ1n) is 7.65. The fourth-order valence-electron chi connectivity index (χ4n) is 2.23. The van der Waals surface area contributed by atoms with Crippen molar-refractivity contribution in [2.75, 3.05) is 11.9 Å². The second-order valence-electron chi connectivity index (χ2n) is 5.35. The SMILES string of the molecule is CCCCCCCNc1ncc(-c2ccc(C)cc2)[nH]1. The molecule has 0 aliphatic heterocycles. The number of benzene rings is 1. The zero-order chi connectivity index (χ0) is 14.2. The molecule has 3 heteroatoms. The van der Waals surface area contributed by atoms with E-state index in [4.69, 9.17) is 0 Å². The van der Waals surface area contributed by atoms with Crippen molar-refractivity contribution < 1.29 is 0 Å². The number of aromatic amines is 1. The largest absolute Gasteiger partial charge is 0.356 e. The topological polar surface area (TPSA) is 40.7 Å². The van der Waals surface area contributed by atoms with Gasteiger partial charge in [0, 0.05) is 6.54 Å². The normalized spacial score (nSPS) is 10.7. The number of imidazole rings is 1. The zero-order valence-electron chi connectivity index (χ0n) is 12.6. The lowest BCUT2D eigenvalue weighted by atomic mass is 10.1. The van der Waals surface area contributed by atoms with E-state index < -0.39 is 0 Å². The molecule has 0 saturated carbocycles. The Balaban J connectivity index is 1.79. The maximum Gasteiger partial charge on any atom is 0.200 e. The summed E-state index contributed by atoms with van der Waals surface area (Å²) in [5.74, 6) is 0.871. The molecule has 0 radical (unpaired) electrons. The summed E-state index contributed by atoms with van der Waals surface area (Å²) in [7, 11) is 0. The Hall–Kier alpha value is -1.77. The smallest absolute Gasteiger partial charge is 0.200 e. The number of anilines is 1. The molecule has 0 atom stereocenters. The number of rotatable bonds is 8. The quantitative estimate of drug-likeness (QED) is 0.679. The molecule has 0 saturated heterocycles. The number of hydrogen-bond acceptors (Lipinski definition) is 2. The molecule has 0 unspecified atom stereocenters. The molecule has 1 aromatic carbocycles. The van der Waals surface area contributed by atoms with Gasteiger partial charge in [0.05, 0.1) is 11.9 Å². The molecule has 2 aromatic rings. The molecule has 0 amide bonds. The molecule has 1 aromatic heterocycles. The summed E-state index contributed by atoms with van der Waals surface area (Å²) in [4.78, 5) is 7.71. The van der Waals surface area contributed by atoms with Crippen molar-refractivity contribution in [1.82, 2.24) is 9.97 Å². The molecule has 0 fully saturated rings. The van der Waals surface area contributed by atoms with Crippen LogP contribution in [0.15, 0.2) is 30.5 Å². The predicted octanol–water partition coefficient (Wildman–Crippen LogP) is 4.77. The molecule has 2 N–H and O–H groups in total. The molecule has 2 rings (SSSR count). The van der Waals surface area contributed by atoms with Crippen LogP contribution in [0.5, 0.6) is 0 Å². The molecule has 0 aliphatic rings. The van der Waals surface area contributed by atoms with Crippen LogP contribution in [0.2, 0.25) is 0 Å². The Morgan fingerprint density at radius 2 is 1.80 bits per heavy atom. The Bertz CT molecular complexity index is 499. The van der Waals surface area contributed by atoms with Gasteiger partial charge in [-0.1, -0.05) is 62.4 Å². The maximum atomic E-state index is 4.38. The van der Waals surface area contributed by atoms with Crippen molar-refractivity contribution >= 4 is 5.95 Å². The summed E-state index contributed by atoms with van der Waals surface area (Å²) in [5.41, 5.74) is 3.52. The van der Waals surface area contributed by atoms with Crippen LogP contribution in [0.1, 0.15) is 44.6 Å². The first-order valence-corrected chi connectivity index (χ1v) is 7.65. The molecule has 20 heavy (non-hydrogen) atoms. The molecule has 0 bridgehead atoms. The monoisotopic (exact) mass is 271 g/mol. The average molecular weight is 271 g/mol. The Morgan fingerprint density at radius 3 is 2.55 bits per heavy atom. The highest BCUT2D eigenvalue weighted by atomic mass is 15.1. The number of aryl methyl sites for hydroxylation is 1. The van der Waals surface area contributed by atoms with Gasteiger partial charge in [-0.25, -0.2) is 4.98 Å². The van der Waals surface area contributed by atoms with Gasteiger partial charge in [0.25, 0.3) is 0 Å². The van der Waals surface area contributed by atoms with Crippen LogP contribution in [0.4, 0.5) is 5.95 Å². The van der Waals surface area contributed by atoms with E-state index in [2.05, 4.69) is 53.4 Å². The van der Waals surface area contributed by atoms with E-state index >= 15 is 0 Å². The fourth-order valence-corrected chi connectivity index (χ4v) is 2.23. The van der Waals surface area contributed by atoms with E-state index in [1.807, 2.05) is 6.20 Å². The minimum Gasteiger partial charge on any atom is -0.356 e. The number of hydrogen-bond donors (Lipinski definition) is 2. The standard InChI is InChI=1S/C17H25N3/c1-3-4-5-6-7-12-18-17-19-13-16(20-17)15-10-8-14(2)9-11-15/h8-11,13H,3-7,12H2,1-2H3,(H2,18,19,20). The average Bonchev–Trinajstić information content (AvgIpc) is 2.92. The summed E-state index contributed by atoms with van der Waals surface area (Å²) in [5, 5.41) is 3.36. The van der Waals surface area contributed by atoms with E-state index in [0.717, 1.165) is 18.2 Å². The molecule has 0 aliphatic carbocycles. The van der Waals surface area contributed by atoms with Gasteiger partial charge in [-0.15, -0.1) is 0 Å². The third-order valence-electron chi connectivity index (χ3n) is 3.51. The highest BCUT2D eigenvalue weighted by Crippen LogP contribution is 2.18. The van der Waals surface area contributed by atoms with Gasteiger partial charge >= 0.3 is 0 Å². The number of H-pyrrole nitrogens is 1. The lowest BCUT2D eigenvalue weighted by Crippen LogP contribution is -2.02. The van der Waals surface area contributed by atoms with E-state index in [1.165, 1.54) is 43.2 Å². The van der Waals surface area contributed by atoms with Crippen LogP contribution < -0.4 is 5.32 Å². The summed E-state index contributed by atoms with van der Waals surface area (Å²) >= 11 is 0. The van der Waals surface area contributed by atoms with E-state index in [-0.39, 0.29) is 0 Å². The summed E-state index contributed by atoms with van der Waals surface area (Å²) in [6.07, 6.45) is 8.38. The molecule has 108 valence electrons. The van der Waals surface area contributed by atoms with E-state index in [0.29, 0.717) is 0 Å². The second kappa shape index (κ2) is 7.73. The van der Waals surface area contributed by atoms with Crippen molar-refractivity contribution in [3.63, 3.8) is 0 Å². The summed E-state index contributed by atoms with van der Waals surface area (Å²) in [6, 6.07) is 8.49. The van der Waals surface area contributed by atoms with Gasteiger partial charge in [0.15, 0.2) is 0 Å². The van der Waals surface area contributed by atoms with Gasteiger partial charge < -0.3 is 10.3 Å². The highest BCUT2D eigenvalue weighted by Gasteiger charge is 2.02. The van der Waals surface area contributed by atoms with Gasteiger partial charge in [-0.3, -0.25) is 0 Å². The van der Waals surface area contributed by atoms with Crippen LogP contribution in [-0.2, 0) is 0 Å². The molecule has 3 nitrogen and oxygen atoms in total. The predicted molar refractivity (Wildman–Crippen MR) is 86.0 cm³/mol. The minimum absolute atomic E-state index is 0.871.